The molecule has 92 valence electrons. The number of nitrogens with two attached hydrogens (primary N) is 1. The molecule has 1 atom stereocenters. The number of nitrogens with zero attached hydrogens (tertiary/aromatic N) is 3. The highest BCUT2D eigenvalue weighted by Gasteiger charge is 2.29. The normalized spacial score (nSPS) is 14.5. The highest BCUT2D eigenvalue weighted by atomic mass is 35.7. The van der Waals surface area contributed by atoms with E-state index >= 15 is 0 Å². The summed E-state index contributed by atoms with van der Waals surface area (Å²) < 4.78 is 22.0. The smallest absolute Gasteiger partial charge is 0.415 e. The lowest BCUT2D eigenvalue weighted by molar-refractivity contribution is 0.440. The predicted molar refractivity (Wildman–Crippen MR) is 57.2 cm³/mol. The lowest BCUT2D eigenvalue weighted by Gasteiger charge is -2.23. The van der Waals surface area contributed by atoms with Crippen molar-refractivity contribution in [2.75, 3.05) is 4.89 Å². The van der Waals surface area contributed by atoms with E-state index < -0.39 is 18.3 Å². The molecule has 2 heterocycles. The van der Waals surface area contributed by atoms with Gasteiger partial charge < -0.3 is 8.83 Å². The molecule has 2 aromatic rings. The number of rotatable bonds is 3. The Morgan fingerprint density at radius 2 is 1.59 bits per heavy atom. The van der Waals surface area contributed by atoms with Crippen molar-refractivity contribution in [3.05, 3.63) is 46.0 Å². The third kappa shape index (κ3) is 2.07. The van der Waals surface area contributed by atoms with Gasteiger partial charge in [0.15, 0.2) is 0 Å². The van der Waals surface area contributed by atoms with Gasteiger partial charge in [0.2, 0.25) is 0 Å². The van der Waals surface area contributed by atoms with Gasteiger partial charge in [-0.2, -0.15) is 9.35 Å². The zero-order valence-corrected chi connectivity index (χ0v) is 9.75. The fourth-order valence-electron chi connectivity index (χ4n) is 1.15. The van der Waals surface area contributed by atoms with Gasteiger partial charge in [0, 0.05) is 0 Å². The first-order chi connectivity index (χ1) is 7.91. The van der Waals surface area contributed by atoms with Crippen molar-refractivity contribution in [2.24, 2.45) is 5.50 Å². The molecular weight excluding hydrogens is 275 g/mol. The van der Waals surface area contributed by atoms with Crippen molar-refractivity contribution in [1.29, 1.82) is 0 Å². The summed E-state index contributed by atoms with van der Waals surface area (Å²) in [6.45, 7) is -4.00. The Balaban J connectivity index is 2.68. The summed E-state index contributed by atoms with van der Waals surface area (Å²) >= 11 is 5.48. The summed E-state index contributed by atoms with van der Waals surface area (Å²) in [7, 11) is 0. The van der Waals surface area contributed by atoms with Gasteiger partial charge in [-0.3, -0.25) is 4.57 Å². The maximum atomic E-state index is 11.7. The van der Waals surface area contributed by atoms with Gasteiger partial charge in [-0.1, -0.05) is 0 Å². The second kappa shape index (κ2) is 3.95. The Kier molecular flexibility index (Phi) is 2.74. The summed E-state index contributed by atoms with van der Waals surface area (Å²) in [6, 6.07) is 0. The molecule has 11 heteroatoms. The lowest BCUT2D eigenvalue weighted by atomic mass is 11.0. The lowest BCUT2D eigenvalue weighted by Crippen LogP contribution is -2.45. The second-order valence-electron chi connectivity index (χ2n) is 2.84. The molecule has 0 aromatic carbocycles. The quantitative estimate of drug-likeness (QED) is 0.780. The monoisotopic (exact) mass is 280 g/mol. The molecule has 0 aliphatic heterocycles. The first-order valence-corrected chi connectivity index (χ1v) is 6.76. The van der Waals surface area contributed by atoms with Crippen molar-refractivity contribution in [3.8, 4) is 0 Å². The minimum absolute atomic E-state index is 0.548. The molecule has 2 N–H and O–H groups in total. The Hall–Kier alpha value is -1.70. The highest BCUT2D eigenvalue weighted by Crippen LogP contribution is 2.44. The van der Waals surface area contributed by atoms with E-state index in [4.69, 9.17) is 16.7 Å². The topological polar surface area (TPSA) is 117 Å². The van der Waals surface area contributed by atoms with Gasteiger partial charge in [-0.05, 0) is 11.2 Å². The standard InChI is InChI=1S/C6H6ClN4O5P/c7-17(8,14)11(9-1-3-15-5(9)12)10-2-4-16-6(10)13/h1-4H,(H2,8,14). The molecule has 0 radical (unpaired) electrons. The van der Waals surface area contributed by atoms with Crippen LogP contribution in [0, 0.1) is 0 Å². The van der Waals surface area contributed by atoms with E-state index in [-0.39, 0.29) is 0 Å². The zero-order chi connectivity index (χ0) is 12.6. The number of oxazole rings is 2. The van der Waals surface area contributed by atoms with Crippen LogP contribution in [0.25, 0.3) is 0 Å². The number of halogens is 1. The Labute approximate surface area is 97.8 Å². The first-order valence-electron chi connectivity index (χ1n) is 4.13. The molecule has 2 rings (SSSR count). The van der Waals surface area contributed by atoms with Gasteiger partial charge in [0.25, 0.3) is 0 Å². The van der Waals surface area contributed by atoms with Crippen LogP contribution >= 0.6 is 18.0 Å². The maximum Gasteiger partial charge on any atom is 0.439 e. The van der Waals surface area contributed by atoms with Crippen LogP contribution in [0.1, 0.15) is 0 Å². The van der Waals surface area contributed by atoms with Gasteiger partial charge in [0.1, 0.15) is 12.5 Å². The molecule has 0 saturated heterocycles. The highest BCUT2D eigenvalue weighted by molar-refractivity contribution is 7.88. The maximum absolute atomic E-state index is 11.7. The molecule has 0 amide bonds. The molecule has 9 nitrogen and oxygen atoms in total. The molecule has 0 bridgehead atoms. The number of hydrogen-bond acceptors (Lipinski definition) is 5. The average molecular weight is 281 g/mol. The molecule has 0 aliphatic rings. The second-order valence-corrected chi connectivity index (χ2v) is 5.74. The predicted octanol–water partition coefficient (Wildman–Crippen LogP) is -0.0971. The van der Waals surface area contributed by atoms with Crippen molar-refractivity contribution < 1.29 is 13.4 Å². The van der Waals surface area contributed by atoms with Gasteiger partial charge >= 0.3 is 18.3 Å². The largest absolute Gasteiger partial charge is 0.439 e. The third-order valence-electron chi connectivity index (χ3n) is 1.75. The van der Waals surface area contributed by atoms with Gasteiger partial charge in [-0.25, -0.2) is 15.1 Å². The Morgan fingerprint density at radius 1 is 1.18 bits per heavy atom. The summed E-state index contributed by atoms with van der Waals surface area (Å²) in [5.41, 5.74) is 5.24. The molecule has 0 saturated carbocycles. The molecule has 0 fully saturated rings. The van der Waals surface area contributed by atoms with E-state index in [1.54, 1.807) is 0 Å². The SMILES string of the molecule is NP(=O)(Cl)N(n1ccoc1=O)n1ccoc1=O. The van der Waals surface area contributed by atoms with Crippen LogP contribution in [-0.4, -0.2) is 9.35 Å². The van der Waals surface area contributed by atoms with Crippen LogP contribution < -0.4 is 21.9 Å². The van der Waals surface area contributed by atoms with E-state index in [9.17, 15) is 14.2 Å². The summed E-state index contributed by atoms with van der Waals surface area (Å²) in [6.07, 6.45) is 4.24. The van der Waals surface area contributed by atoms with Crippen LogP contribution in [-0.2, 0) is 4.57 Å². The van der Waals surface area contributed by atoms with Crippen LogP contribution in [0.4, 0.5) is 0 Å². The molecule has 17 heavy (non-hydrogen) atoms. The van der Waals surface area contributed by atoms with Gasteiger partial charge in [0.05, 0.1) is 12.4 Å². The van der Waals surface area contributed by atoms with Crippen LogP contribution in [0.2, 0.25) is 0 Å². The number of hydrogen-bond donors (Lipinski definition) is 1. The van der Waals surface area contributed by atoms with E-state index in [2.05, 4.69) is 8.83 Å². The van der Waals surface area contributed by atoms with Crippen LogP contribution in [0.5, 0.6) is 0 Å². The van der Waals surface area contributed by atoms with Crippen LogP contribution in [0.3, 0.4) is 0 Å². The fraction of sp³-hybridized carbons (Fsp3) is 0. The van der Waals surface area contributed by atoms with Crippen LogP contribution in [0.15, 0.2) is 43.3 Å². The minimum atomic E-state index is -4.00. The summed E-state index contributed by atoms with van der Waals surface area (Å²) in [5.74, 6) is -1.83. The summed E-state index contributed by atoms with van der Waals surface area (Å²) in [5, 5.41) is 0. The molecule has 2 aromatic heterocycles. The zero-order valence-electron chi connectivity index (χ0n) is 8.09. The first kappa shape index (κ1) is 11.8. The van der Waals surface area contributed by atoms with Crippen molar-refractivity contribution in [2.45, 2.75) is 0 Å². The molecule has 1 unspecified atom stereocenters. The van der Waals surface area contributed by atoms with Crippen molar-refractivity contribution in [3.63, 3.8) is 0 Å². The van der Waals surface area contributed by atoms with Crippen molar-refractivity contribution >= 4 is 18.0 Å². The summed E-state index contributed by atoms with van der Waals surface area (Å²) in [4.78, 5) is 23.1. The van der Waals surface area contributed by atoms with Crippen molar-refractivity contribution in [1.82, 2.24) is 9.35 Å². The van der Waals surface area contributed by atoms with E-state index in [1.165, 1.54) is 0 Å². The molecule has 0 spiro atoms. The average Bonchev–Trinajstić information content (AvgIpc) is 2.77. The van der Waals surface area contributed by atoms with E-state index in [1.807, 2.05) is 0 Å². The Morgan fingerprint density at radius 3 is 1.82 bits per heavy atom. The Bertz CT molecular complexity index is 628. The third-order valence-corrected chi connectivity index (χ3v) is 3.02. The number of aromatic nitrogens is 2. The van der Waals surface area contributed by atoms with E-state index in [0.29, 0.717) is 14.2 Å². The van der Waals surface area contributed by atoms with Gasteiger partial charge in [-0.15, -0.1) is 4.89 Å². The molecule has 0 aliphatic carbocycles. The minimum Gasteiger partial charge on any atom is -0.415 e. The molecular formula is C6H6ClN4O5P. The fourth-order valence-corrected chi connectivity index (χ4v) is 2.38. The van der Waals surface area contributed by atoms with E-state index in [0.717, 1.165) is 24.9 Å².